The number of anilines is 1. The summed E-state index contributed by atoms with van der Waals surface area (Å²) in [4.78, 5) is 2.93. The summed E-state index contributed by atoms with van der Waals surface area (Å²) in [5, 5.41) is 0. The maximum atomic E-state index is 13.7. The van der Waals surface area contributed by atoms with Gasteiger partial charge in [-0.1, -0.05) is 0 Å². The number of aromatic nitrogens is 1. The van der Waals surface area contributed by atoms with Gasteiger partial charge in [-0.25, -0.2) is 17.2 Å². The first-order chi connectivity index (χ1) is 9.44. The Hall–Kier alpha value is -2.06. The minimum atomic E-state index is -4.26. The van der Waals surface area contributed by atoms with Gasteiger partial charge in [-0.3, -0.25) is 9.71 Å². The normalized spacial score (nSPS) is 11.3. The second-order valence-electron chi connectivity index (χ2n) is 3.94. The molecule has 0 radical (unpaired) electrons. The van der Waals surface area contributed by atoms with Crippen LogP contribution in [0.1, 0.15) is 5.56 Å². The van der Waals surface area contributed by atoms with E-state index in [0.717, 1.165) is 12.1 Å². The number of nitrogens with two attached hydrogens (primary N) is 1. The highest BCUT2D eigenvalue weighted by molar-refractivity contribution is 7.92. The van der Waals surface area contributed by atoms with E-state index in [1.165, 1.54) is 24.5 Å². The predicted octanol–water partition coefficient (Wildman–Crippen LogP) is 1.62. The Balaban J connectivity index is 2.47. The molecule has 8 heteroatoms. The number of nitrogens with zero attached hydrogens (tertiary/aromatic N) is 1. The molecule has 3 N–H and O–H groups in total. The molecule has 0 aliphatic carbocycles. The lowest BCUT2D eigenvalue weighted by atomic mass is 10.2. The molecule has 0 amide bonds. The molecule has 0 aliphatic heterocycles. The molecule has 0 atom stereocenters. The summed E-state index contributed by atoms with van der Waals surface area (Å²) in [5.41, 5.74) is 5.64. The molecule has 0 fully saturated rings. The number of hydrogen-bond donors (Lipinski definition) is 2. The molecule has 0 spiro atoms. The van der Waals surface area contributed by atoms with Crippen molar-refractivity contribution >= 4 is 15.7 Å². The summed E-state index contributed by atoms with van der Waals surface area (Å²) in [7, 11) is -4.26. The number of hydrogen-bond acceptors (Lipinski definition) is 4. The summed E-state index contributed by atoms with van der Waals surface area (Å²) in [6, 6.07) is 4.80. The largest absolute Gasteiger partial charge is 0.326 e. The number of rotatable bonds is 4. The third-order valence-corrected chi connectivity index (χ3v) is 3.87. The molecular formula is C12H11F2N3O2S. The van der Waals surface area contributed by atoms with Crippen LogP contribution in [0.4, 0.5) is 14.5 Å². The minimum Gasteiger partial charge on any atom is -0.326 e. The smallest absolute Gasteiger partial charge is 0.264 e. The summed E-state index contributed by atoms with van der Waals surface area (Å²) in [6.07, 6.45) is 2.70. The van der Waals surface area contributed by atoms with Gasteiger partial charge in [0.15, 0.2) is 11.6 Å². The lowest BCUT2D eigenvalue weighted by molar-refractivity contribution is 0.483. The van der Waals surface area contributed by atoms with Gasteiger partial charge >= 0.3 is 0 Å². The van der Waals surface area contributed by atoms with Crippen molar-refractivity contribution in [1.82, 2.24) is 4.98 Å². The molecular weight excluding hydrogens is 288 g/mol. The summed E-state index contributed by atoms with van der Waals surface area (Å²) >= 11 is 0. The fourth-order valence-electron chi connectivity index (χ4n) is 1.56. The van der Waals surface area contributed by atoms with Crippen molar-refractivity contribution in [2.75, 3.05) is 4.72 Å². The monoisotopic (exact) mass is 299 g/mol. The van der Waals surface area contributed by atoms with E-state index in [1.807, 2.05) is 0 Å². The quantitative estimate of drug-likeness (QED) is 0.898. The van der Waals surface area contributed by atoms with Gasteiger partial charge in [0.25, 0.3) is 10.0 Å². The van der Waals surface area contributed by atoms with Crippen LogP contribution in [0, 0.1) is 11.6 Å². The molecule has 0 saturated heterocycles. The molecule has 0 aliphatic rings. The van der Waals surface area contributed by atoms with E-state index >= 15 is 0 Å². The molecule has 1 aromatic carbocycles. The molecule has 106 valence electrons. The van der Waals surface area contributed by atoms with E-state index in [1.54, 1.807) is 0 Å². The molecule has 0 unspecified atom stereocenters. The first kappa shape index (κ1) is 14.4. The highest BCUT2D eigenvalue weighted by Gasteiger charge is 2.23. The lowest BCUT2D eigenvalue weighted by Gasteiger charge is -2.10. The standard InChI is InChI=1S/C12H11F2N3O2S/c13-10-4-8(6-15)5-11(12(10)14)20(18,19)17-9-2-1-3-16-7-9/h1-5,7,17H,6,15H2. The van der Waals surface area contributed by atoms with Crippen molar-refractivity contribution in [1.29, 1.82) is 0 Å². The average molecular weight is 299 g/mol. The number of halogens is 2. The molecule has 20 heavy (non-hydrogen) atoms. The number of sulfonamides is 1. The van der Waals surface area contributed by atoms with Gasteiger partial charge in [0, 0.05) is 12.7 Å². The van der Waals surface area contributed by atoms with Crippen molar-refractivity contribution in [3.63, 3.8) is 0 Å². The zero-order valence-electron chi connectivity index (χ0n) is 10.2. The Kier molecular flexibility index (Phi) is 3.96. The molecule has 1 aromatic heterocycles. The average Bonchev–Trinajstić information content (AvgIpc) is 2.42. The van der Waals surface area contributed by atoms with E-state index in [-0.39, 0.29) is 17.8 Å². The van der Waals surface area contributed by atoms with Gasteiger partial charge < -0.3 is 5.73 Å². The van der Waals surface area contributed by atoms with Gasteiger partial charge in [0.05, 0.1) is 11.9 Å². The van der Waals surface area contributed by atoms with Crippen molar-refractivity contribution in [3.05, 3.63) is 53.9 Å². The van der Waals surface area contributed by atoms with Crippen LogP contribution < -0.4 is 10.5 Å². The van der Waals surface area contributed by atoms with Gasteiger partial charge in [0.2, 0.25) is 0 Å². The molecule has 5 nitrogen and oxygen atoms in total. The first-order valence-electron chi connectivity index (χ1n) is 5.55. The number of benzene rings is 1. The van der Waals surface area contributed by atoms with Crippen molar-refractivity contribution in [3.8, 4) is 0 Å². The van der Waals surface area contributed by atoms with E-state index in [2.05, 4.69) is 9.71 Å². The minimum absolute atomic E-state index is 0.105. The second kappa shape index (κ2) is 5.51. The van der Waals surface area contributed by atoms with Crippen LogP contribution in [-0.2, 0) is 16.6 Å². The van der Waals surface area contributed by atoms with Crippen molar-refractivity contribution in [2.24, 2.45) is 5.73 Å². The second-order valence-corrected chi connectivity index (χ2v) is 5.59. The third-order valence-electron chi connectivity index (χ3n) is 2.49. The van der Waals surface area contributed by atoms with Gasteiger partial charge in [-0.05, 0) is 29.8 Å². The van der Waals surface area contributed by atoms with E-state index in [0.29, 0.717) is 0 Å². The number of pyridine rings is 1. The Labute approximate surface area is 114 Å². The Bertz CT molecular complexity index is 721. The van der Waals surface area contributed by atoms with Crippen LogP contribution in [0.2, 0.25) is 0 Å². The SMILES string of the molecule is NCc1cc(F)c(F)c(S(=O)(=O)Nc2cccnc2)c1. The van der Waals surface area contributed by atoms with Crippen LogP contribution in [0.5, 0.6) is 0 Å². The van der Waals surface area contributed by atoms with Crippen molar-refractivity contribution in [2.45, 2.75) is 11.4 Å². The van der Waals surface area contributed by atoms with Crippen LogP contribution in [-0.4, -0.2) is 13.4 Å². The highest BCUT2D eigenvalue weighted by Crippen LogP contribution is 2.22. The zero-order valence-corrected chi connectivity index (χ0v) is 11.0. The maximum absolute atomic E-state index is 13.7. The molecule has 2 rings (SSSR count). The molecule has 1 heterocycles. The first-order valence-corrected chi connectivity index (χ1v) is 7.03. The Morgan fingerprint density at radius 2 is 2.05 bits per heavy atom. The van der Waals surface area contributed by atoms with Gasteiger partial charge in [-0.15, -0.1) is 0 Å². The third kappa shape index (κ3) is 2.91. The number of nitrogens with one attached hydrogen (secondary N) is 1. The van der Waals surface area contributed by atoms with E-state index in [4.69, 9.17) is 5.73 Å². The van der Waals surface area contributed by atoms with Crippen LogP contribution >= 0.6 is 0 Å². The van der Waals surface area contributed by atoms with Crippen LogP contribution in [0.25, 0.3) is 0 Å². The zero-order chi connectivity index (χ0) is 14.8. The fourth-order valence-corrected chi connectivity index (χ4v) is 2.74. The van der Waals surface area contributed by atoms with Crippen LogP contribution in [0.15, 0.2) is 41.6 Å². The molecule has 0 bridgehead atoms. The fraction of sp³-hybridized carbons (Fsp3) is 0.0833. The van der Waals surface area contributed by atoms with Crippen molar-refractivity contribution < 1.29 is 17.2 Å². The van der Waals surface area contributed by atoms with E-state index in [9.17, 15) is 17.2 Å². The topological polar surface area (TPSA) is 85.1 Å². The Morgan fingerprint density at radius 1 is 1.30 bits per heavy atom. The highest BCUT2D eigenvalue weighted by atomic mass is 32.2. The molecule has 2 aromatic rings. The Morgan fingerprint density at radius 3 is 2.65 bits per heavy atom. The summed E-state index contributed by atoms with van der Waals surface area (Å²) in [5.74, 6) is -2.71. The lowest BCUT2D eigenvalue weighted by Crippen LogP contribution is -2.16. The molecule has 0 saturated carbocycles. The summed E-state index contributed by atoms with van der Waals surface area (Å²) in [6.45, 7) is -0.105. The van der Waals surface area contributed by atoms with E-state index < -0.39 is 26.6 Å². The maximum Gasteiger partial charge on any atom is 0.264 e. The predicted molar refractivity (Wildman–Crippen MR) is 69.3 cm³/mol. The van der Waals surface area contributed by atoms with Gasteiger partial charge in [0.1, 0.15) is 4.90 Å². The summed E-state index contributed by atoms with van der Waals surface area (Å²) < 4.78 is 53.3. The van der Waals surface area contributed by atoms with Crippen LogP contribution in [0.3, 0.4) is 0 Å². The van der Waals surface area contributed by atoms with Gasteiger partial charge in [-0.2, -0.15) is 0 Å².